The molecule has 5 heteroatoms. The Balaban J connectivity index is 2.24. The minimum atomic E-state index is -0.446. The van der Waals surface area contributed by atoms with Gasteiger partial charge >= 0.3 is 5.97 Å². The van der Waals surface area contributed by atoms with Crippen LogP contribution >= 0.6 is 11.6 Å². The van der Waals surface area contributed by atoms with Gasteiger partial charge in [-0.15, -0.1) is 0 Å². The van der Waals surface area contributed by atoms with Gasteiger partial charge in [-0.05, 0) is 24.6 Å². The predicted octanol–water partition coefficient (Wildman–Crippen LogP) is 4.55. The largest absolute Gasteiger partial charge is 0.461 e. The summed E-state index contributed by atoms with van der Waals surface area (Å²) >= 11 is 6.23. The van der Waals surface area contributed by atoms with Crippen molar-refractivity contribution in [2.45, 2.75) is 20.4 Å². The summed E-state index contributed by atoms with van der Waals surface area (Å²) in [6, 6.07) is 14.1. The van der Waals surface area contributed by atoms with Crippen LogP contribution < -0.4 is 0 Å². The molecule has 0 saturated heterocycles. The van der Waals surface area contributed by atoms with Crippen molar-refractivity contribution >= 4 is 28.3 Å². The first kappa shape index (κ1) is 15.6. The SMILES string of the molecule is CCOC(=O)c1c(Cl)nc(-c2cccc3ccccc23)n1CC. The van der Waals surface area contributed by atoms with E-state index < -0.39 is 5.97 Å². The van der Waals surface area contributed by atoms with E-state index in [1.165, 1.54) is 0 Å². The summed E-state index contributed by atoms with van der Waals surface area (Å²) in [7, 11) is 0. The molecule has 4 nitrogen and oxygen atoms in total. The van der Waals surface area contributed by atoms with Crippen LogP contribution in [-0.4, -0.2) is 22.1 Å². The van der Waals surface area contributed by atoms with Crippen LogP contribution in [0.4, 0.5) is 0 Å². The van der Waals surface area contributed by atoms with Crippen molar-refractivity contribution in [1.82, 2.24) is 9.55 Å². The molecule has 0 aliphatic carbocycles. The molecule has 118 valence electrons. The number of rotatable bonds is 4. The summed E-state index contributed by atoms with van der Waals surface area (Å²) < 4.78 is 6.91. The molecule has 23 heavy (non-hydrogen) atoms. The number of ether oxygens (including phenoxy) is 1. The monoisotopic (exact) mass is 328 g/mol. The number of carbonyl (C=O) groups excluding carboxylic acids is 1. The van der Waals surface area contributed by atoms with E-state index in [-0.39, 0.29) is 5.15 Å². The number of benzene rings is 2. The predicted molar refractivity (Wildman–Crippen MR) is 91.8 cm³/mol. The Labute approximate surface area is 139 Å². The van der Waals surface area contributed by atoms with Crippen molar-refractivity contribution in [2.75, 3.05) is 6.61 Å². The maximum absolute atomic E-state index is 12.2. The molecular formula is C18H17ClN2O2. The second-order valence-electron chi connectivity index (χ2n) is 5.07. The molecule has 1 heterocycles. The van der Waals surface area contributed by atoms with Crippen molar-refractivity contribution in [1.29, 1.82) is 0 Å². The smallest absolute Gasteiger partial charge is 0.358 e. The number of aromatic nitrogens is 2. The van der Waals surface area contributed by atoms with Crippen LogP contribution in [0.2, 0.25) is 5.15 Å². The van der Waals surface area contributed by atoms with Gasteiger partial charge in [0.05, 0.1) is 6.61 Å². The fourth-order valence-electron chi connectivity index (χ4n) is 2.75. The fourth-order valence-corrected chi connectivity index (χ4v) is 3.01. The Kier molecular flexibility index (Phi) is 4.35. The molecule has 0 bridgehead atoms. The minimum Gasteiger partial charge on any atom is -0.461 e. The third-order valence-corrected chi connectivity index (χ3v) is 4.00. The number of carbonyl (C=O) groups is 1. The normalized spacial score (nSPS) is 10.9. The Morgan fingerprint density at radius 3 is 2.65 bits per heavy atom. The zero-order valence-corrected chi connectivity index (χ0v) is 13.8. The first-order valence-electron chi connectivity index (χ1n) is 7.58. The minimum absolute atomic E-state index is 0.174. The zero-order chi connectivity index (χ0) is 16.4. The molecule has 0 N–H and O–H groups in total. The van der Waals surface area contributed by atoms with Crippen molar-refractivity contribution in [3.8, 4) is 11.4 Å². The molecule has 3 aromatic rings. The van der Waals surface area contributed by atoms with Crippen molar-refractivity contribution in [2.24, 2.45) is 0 Å². The van der Waals surface area contributed by atoms with Gasteiger partial charge in [0.2, 0.25) is 0 Å². The van der Waals surface area contributed by atoms with Crippen LogP contribution in [0.5, 0.6) is 0 Å². The average Bonchev–Trinajstić information content (AvgIpc) is 2.90. The molecule has 3 rings (SSSR count). The highest BCUT2D eigenvalue weighted by atomic mass is 35.5. The molecule has 0 atom stereocenters. The lowest BCUT2D eigenvalue weighted by Crippen LogP contribution is -2.12. The van der Waals surface area contributed by atoms with E-state index in [9.17, 15) is 4.79 Å². The summed E-state index contributed by atoms with van der Waals surface area (Å²) in [5.74, 6) is 0.232. The maximum Gasteiger partial charge on any atom is 0.358 e. The number of fused-ring (bicyclic) bond motifs is 1. The maximum atomic E-state index is 12.2. The molecule has 0 spiro atoms. The van der Waals surface area contributed by atoms with Gasteiger partial charge in [0.25, 0.3) is 0 Å². The lowest BCUT2D eigenvalue weighted by Gasteiger charge is -2.10. The number of imidazole rings is 1. The zero-order valence-electron chi connectivity index (χ0n) is 13.0. The molecule has 2 aromatic carbocycles. The van der Waals surface area contributed by atoms with E-state index in [1.807, 2.05) is 54.0 Å². The second-order valence-corrected chi connectivity index (χ2v) is 5.42. The van der Waals surface area contributed by atoms with Crippen LogP contribution in [0, 0.1) is 0 Å². The van der Waals surface area contributed by atoms with Gasteiger partial charge in [-0.2, -0.15) is 0 Å². The molecule has 0 aliphatic heterocycles. The number of nitrogens with zero attached hydrogens (tertiary/aromatic N) is 2. The quantitative estimate of drug-likeness (QED) is 0.660. The lowest BCUT2D eigenvalue weighted by molar-refractivity contribution is 0.0514. The summed E-state index contributed by atoms with van der Waals surface area (Å²) in [5, 5.41) is 2.36. The third kappa shape index (κ3) is 2.70. The lowest BCUT2D eigenvalue weighted by atomic mass is 10.0. The molecule has 0 radical (unpaired) electrons. The summed E-state index contributed by atoms with van der Waals surface area (Å²) in [6.07, 6.45) is 0. The summed E-state index contributed by atoms with van der Waals surface area (Å²) in [5.41, 5.74) is 1.25. The molecule has 1 aromatic heterocycles. The van der Waals surface area contributed by atoms with Crippen LogP contribution in [0.25, 0.3) is 22.2 Å². The van der Waals surface area contributed by atoms with Crippen molar-refractivity contribution in [3.63, 3.8) is 0 Å². The van der Waals surface area contributed by atoms with E-state index in [4.69, 9.17) is 16.3 Å². The first-order chi connectivity index (χ1) is 11.2. The van der Waals surface area contributed by atoms with Gasteiger partial charge in [0, 0.05) is 12.1 Å². The highest BCUT2D eigenvalue weighted by Gasteiger charge is 2.23. The number of hydrogen-bond acceptors (Lipinski definition) is 3. The molecular weight excluding hydrogens is 312 g/mol. The Morgan fingerprint density at radius 1 is 1.17 bits per heavy atom. The second kappa shape index (κ2) is 6.42. The molecule has 0 aliphatic rings. The van der Waals surface area contributed by atoms with Gasteiger partial charge < -0.3 is 9.30 Å². The summed E-state index contributed by atoms with van der Waals surface area (Å²) in [6.45, 7) is 4.60. The van der Waals surface area contributed by atoms with E-state index in [2.05, 4.69) is 4.98 Å². The summed E-state index contributed by atoms with van der Waals surface area (Å²) in [4.78, 5) is 16.6. The molecule has 0 saturated carbocycles. The van der Waals surface area contributed by atoms with E-state index in [0.29, 0.717) is 24.7 Å². The van der Waals surface area contributed by atoms with Gasteiger partial charge in [0.1, 0.15) is 5.82 Å². The highest BCUT2D eigenvalue weighted by Crippen LogP contribution is 2.31. The van der Waals surface area contributed by atoms with Crippen molar-refractivity contribution in [3.05, 3.63) is 53.3 Å². The Hall–Kier alpha value is -2.33. The topological polar surface area (TPSA) is 44.1 Å². The van der Waals surface area contributed by atoms with Crippen LogP contribution in [0.15, 0.2) is 42.5 Å². The number of esters is 1. The molecule has 0 fully saturated rings. The van der Waals surface area contributed by atoms with Crippen LogP contribution in [0.3, 0.4) is 0 Å². The average molecular weight is 329 g/mol. The van der Waals surface area contributed by atoms with Gasteiger partial charge in [0.15, 0.2) is 10.8 Å². The van der Waals surface area contributed by atoms with Gasteiger partial charge in [-0.3, -0.25) is 0 Å². The van der Waals surface area contributed by atoms with E-state index >= 15 is 0 Å². The Bertz CT molecular complexity index is 865. The standard InChI is InChI=1S/C18H17ClN2O2/c1-3-21-15(18(22)23-4-2)16(19)20-17(21)14-11-7-9-12-8-5-6-10-13(12)14/h5-11H,3-4H2,1-2H3. The molecule has 0 unspecified atom stereocenters. The fraction of sp³-hybridized carbons (Fsp3) is 0.222. The third-order valence-electron chi connectivity index (χ3n) is 3.74. The number of hydrogen-bond donors (Lipinski definition) is 0. The van der Waals surface area contributed by atoms with Gasteiger partial charge in [-0.25, -0.2) is 9.78 Å². The van der Waals surface area contributed by atoms with E-state index in [0.717, 1.165) is 16.3 Å². The van der Waals surface area contributed by atoms with Crippen LogP contribution in [-0.2, 0) is 11.3 Å². The van der Waals surface area contributed by atoms with E-state index in [1.54, 1.807) is 6.92 Å². The van der Waals surface area contributed by atoms with Crippen molar-refractivity contribution < 1.29 is 9.53 Å². The number of halogens is 1. The molecule has 0 amide bonds. The van der Waals surface area contributed by atoms with Gasteiger partial charge in [-0.1, -0.05) is 54.1 Å². The highest BCUT2D eigenvalue weighted by molar-refractivity contribution is 6.32. The Morgan fingerprint density at radius 2 is 1.91 bits per heavy atom. The first-order valence-corrected chi connectivity index (χ1v) is 7.96. The van der Waals surface area contributed by atoms with Crippen LogP contribution in [0.1, 0.15) is 24.3 Å².